The lowest BCUT2D eigenvalue weighted by Crippen LogP contribution is -2.30. The molecule has 0 unspecified atom stereocenters. The quantitative estimate of drug-likeness (QED) is 0.759. The normalized spacial score (nSPS) is 10.2. The molecular weight excluding hydrogens is 290 g/mol. The van der Waals surface area contributed by atoms with Crippen LogP contribution >= 0.6 is 11.6 Å². The maximum atomic E-state index is 12.0. The Morgan fingerprint density at radius 1 is 1.29 bits per heavy atom. The molecule has 2 aromatic rings. The summed E-state index contributed by atoms with van der Waals surface area (Å²) in [5, 5.41) is 12.4. The fourth-order valence-electron chi connectivity index (χ4n) is 1.84. The fraction of sp³-hybridized carbons (Fsp3) is 0.133. The van der Waals surface area contributed by atoms with Crippen molar-refractivity contribution in [1.29, 1.82) is 0 Å². The van der Waals surface area contributed by atoms with E-state index < -0.39 is 0 Å². The van der Waals surface area contributed by atoms with Crippen molar-refractivity contribution in [3.8, 4) is 5.75 Å². The van der Waals surface area contributed by atoms with E-state index in [0.717, 1.165) is 5.69 Å². The summed E-state index contributed by atoms with van der Waals surface area (Å²) in [6.07, 6.45) is 0. The second-order valence-corrected chi connectivity index (χ2v) is 5.07. The molecule has 0 aliphatic rings. The van der Waals surface area contributed by atoms with E-state index in [2.05, 4.69) is 5.32 Å². The molecule has 0 fully saturated rings. The lowest BCUT2D eigenvalue weighted by atomic mass is 10.2. The van der Waals surface area contributed by atoms with Crippen LogP contribution in [-0.2, 0) is 4.79 Å². The number of likely N-dealkylation sites (N-methyl/N-ethyl adjacent to an activating group) is 1. The number of halogens is 1. The number of rotatable bonds is 4. The van der Waals surface area contributed by atoms with Crippen molar-refractivity contribution in [1.82, 2.24) is 0 Å². The van der Waals surface area contributed by atoms with Gasteiger partial charge >= 0.3 is 0 Å². The Hall–Kier alpha value is -2.40. The van der Waals surface area contributed by atoms with Crippen LogP contribution in [0, 0.1) is 0 Å². The monoisotopic (exact) mass is 305 g/mol. The molecule has 0 saturated heterocycles. The van der Waals surface area contributed by atoms with E-state index in [4.69, 9.17) is 17.3 Å². The third-order valence-electron chi connectivity index (χ3n) is 2.94. The van der Waals surface area contributed by atoms with Crippen LogP contribution in [0.2, 0.25) is 5.02 Å². The minimum Gasteiger partial charge on any atom is -0.508 e. The molecule has 0 atom stereocenters. The number of anilines is 3. The van der Waals surface area contributed by atoms with Gasteiger partial charge in [-0.3, -0.25) is 4.79 Å². The number of phenols is 1. The molecule has 0 radical (unpaired) electrons. The predicted octanol–water partition coefficient (Wildman–Crippen LogP) is 2.70. The highest BCUT2D eigenvalue weighted by Gasteiger charge is 2.10. The van der Waals surface area contributed by atoms with Crippen molar-refractivity contribution in [3.05, 3.63) is 47.5 Å². The van der Waals surface area contributed by atoms with Gasteiger partial charge in [-0.05, 0) is 42.5 Å². The number of nitrogens with zero attached hydrogens (tertiary/aromatic N) is 1. The van der Waals surface area contributed by atoms with Gasteiger partial charge in [0.05, 0.1) is 17.3 Å². The van der Waals surface area contributed by atoms with Gasteiger partial charge in [-0.25, -0.2) is 0 Å². The third kappa shape index (κ3) is 4.03. The number of nitrogen functional groups attached to an aromatic ring is 1. The van der Waals surface area contributed by atoms with Gasteiger partial charge < -0.3 is 21.1 Å². The molecule has 2 rings (SSSR count). The summed E-state index contributed by atoms with van der Waals surface area (Å²) < 4.78 is 0. The van der Waals surface area contributed by atoms with E-state index in [9.17, 15) is 9.90 Å². The Morgan fingerprint density at radius 2 is 1.95 bits per heavy atom. The molecule has 0 saturated carbocycles. The first kappa shape index (κ1) is 15.0. The van der Waals surface area contributed by atoms with Crippen LogP contribution in [0.1, 0.15) is 0 Å². The molecule has 0 aliphatic carbocycles. The van der Waals surface area contributed by atoms with Crippen LogP contribution in [0.3, 0.4) is 0 Å². The predicted molar refractivity (Wildman–Crippen MR) is 85.9 cm³/mol. The highest BCUT2D eigenvalue weighted by atomic mass is 35.5. The molecule has 6 heteroatoms. The second kappa shape index (κ2) is 6.37. The summed E-state index contributed by atoms with van der Waals surface area (Å²) >= 11 is 6.00. The summed E-state index contributed by atoms with van der Waals surface area (Å²) in [4.78, 5) is 13.8. The molecule has 0 bridgehead atoms. The fourth-order valence-corrected chi connectivity index (χ4v) is 2.01. The van der Waals surface area contributed by atoms with Gasteiger partial charge in [-0.2, -0.15) is 0 Å². The number of amides is 1. The lowest BCUT2D eigenvalue weighted by molar-refractivity contribution is -0.114. The lowest BCUT2D eigenvalue weighted by Gasteiger charge is -2.19. The van der Waals surface area contributed by atoms with Crippen LogP contribution in [0.4, 0.5) is 17.1 Å². The van der Waals surface area contributed by atoms with E-state index >= 15 is 0 Å². The number of nitrogens with one attached hydrogen (secondary N) is 1. The Balaban J connectivity index is 2.01. The maximum absolute atomic E-state index is 12.0. The zero-order valence-electron chi connectivity index (χ0n) is 11.5. The molecule has 0 spiro atoms. The third-order valence-corrected chi connectivity index (χ3v) is 3.27. The van der Waals surface area contributed by atoms with Crippen LogP contribution in [-0.4, -0.2) is 24.6 Å². The smallest absolute Gasteiger partial charge is 0.243 e. The van der Waals surface area contributed by atoms with Gasteiger partial charge in [0.15, 0.2) is 0 Å². The Labute approximate surface area is 127 Å². The number of hydrogen-bond donors (Lipinski definition) is 3. The number of nitrogens with two attached hydrogens (primary N) is 1. The van der Waals surface area contributed by atoms with Gasteiger partial charge in [0.1, 0.15) is 5.75 Å². The number of phenolic OH excluding ortho intramolecular Hbond substituents is 1. The number of carbonyl (C=O) groups is 1. The second-order valence-electron chi connectivity index (χ2n) is 4.66. The molecule has 0 aromatic heterocycles. The standard InChI is InChI=1S/C15H16ClN3O2/c1-19(11-3-5-12(20)6-4-11)9-15(21)18-14-8-10(17)2-7-13(14)16/h2-8,20H,9,17H2,1H3,(H,18,21). The van der Waals surface area contributed by atoms with E-state index in [1.165, 1.54) is 0 Å². The average molecular weight is 306 g/mol. The summed E-state index contributed by atoms with van der Waals surface area (Å²) in [5.41, 5.74) is 7.50. The molecular formula is C15H16ClN3O2. The molecule has 5 nitrogen and oxygen atoms in total. The molecule has 0 heterocycles. The van der Waals surface area contributed by atoms with E-state index in [1.54, 1.807) is 54.4 Å². The van der Waals surface area contributed by atoms with E-state index in [-0.39, 0.29) is 18.2 Å². The van der Waals surface area contributed by atoms with Crippen molar-refractivity contribution < 1.29 is 9.90 Å². The highest BCUT2D eigenvalue weighted by Crippen LogP contribution is 2.24. The zero-order chi connectivity index (χ0) is 15.4. The maximum Gasteiger partial charge on any atom is 0.243 e. The van der Waals surface area contributed by atoms with Gasteiger partial charge in [0.2, 0.25) is 5.91 Å². The molecule has 110 valence electrons. The van der Waals surface area contributed by atoms with Gasteiger partial charge in [0, 0.05) is 18.4 Å². The van der Waals surface area contributed by atoms with Crippen molar-refractivity contribution in [2.24, 2.45) is 0 Å². The molecule has 1 amide bonds. The summed E-state index contributed by atoms with van der Waals surface area (Å²) in [7, 11) is 1.78. The number of carbonyl (C=O) groups excluding carboxylic acids is 1. The van der Waals surface area contributed by atoms with Gasteiger partial charge in [0.25, 0.3) is 0 Å². The largest absolute Gasteiger partial charge is 0.508 e. The van der Waals surface area contributed by atoms with E-state index in [1.807, 2.05) is 0 Å². The molecule has 4 N–H and O–H groups in total. The van der Waals surface area contributed by atoms with E-state index in [0.29, 0.717) is 16.4 Å². The first-order chi connectivity index (χ1) is 9.95. The Kier molecular flexibility index (Phi) is 4.55. The molecule has 21 heavy (non-hydrogen) atoms. The van der Waals surface area contributed by atoms with Gasteiger partial charge in [-0.1, -0.05) is 11.6 Å². The molecule has 0 aliphatic heterocycles. The van der Waals surface area contributed by atoms with Crippen molar-refractivity contribution >= 4 is 34.6 Å². The topological polar surface area (TPSA) is 78.6 Å². The zero-order valence-corrected chi connectivity index (χ0v) is 12.3. The van der Waals surface area contributed by atoms with Crippen LogP contribution in [0.5, 0.6) is 5.75 Å². The summed E-state index contributed by atoms with van der Waals surface area (Å²) in [6.45, 7) is 0.149. The SMILES string of the molecule is CN(CC(=O)Nc1cc(N)ccc1Cl)c1ccc(O)cc1. The van der Waals surface area contributed by atoms with Crippen LogP contribution in [0.25, 0.3) is 0 Å². The number of benzene rings is 2. The average Bonchev–Trinajstić information content (AvgIpc) is 2.43. The molecule has 2 aromatic carbocycles. The minimum absolute atomic E-state index is 0.149. The number of aromatic hydroxyl groups is 1. The number of hydrogen-bond acceptors (Lipinski definition) is 4. The van der Waals surface area contributed by atoms with Gasteiger partial charge in [-0.15, -0.1) is 0 Å². The van der Waals surface area contributed by atoms with Crippen LogP contribution < -0.4 is 16.0 Å². The van der Waals surface area contributed by atoms with Crippen LogP contribution in [0.15, 0.2) is 42.5 Å². The van der Waals surface area contributed by atoms with Crippen molar-refractivity contribution in [2.45, 2.75) is 0 Å². The Morgan fingerprint density at radius 3 is 2.62 bits per heavy atom. The summed E-state index contributed by atoms with van der Waals surface area (Å²) in [5.74, 6) is -0.0266. The summed E-state index contributed by atoms with van der Waals surface area (Å²) in [6, 6.07) is 11.5. The van der Waals surface area contributed by atoms with Crippen molar-refractivity contribution in [2.75, 3.05) is 29.5 Å². The first-order valence-electron chi connectivity index (χ1n) is 6.31. The Bertz CT molecular complexity index is 644. The minimum atomic E-state index is -0.210. The first-order valence-corrected chi connectivity index (χ1v) is 6.68. The van der Waals surface area contributed by atoms with Crippen molar-refractivity contribution in [3.63, 3.8) is 0 Å². The highest BCUT2D eigenvalue weighted by molar-refractivity contribution is 6.33.